The van der Waals surface area contributed by atoms with Gasteiger partial charge < -0.3 is 5.32 Å². The van der Waals surface area contributed by atoms with E-state index in [-0.39, 0.29) is 11.9 Å². The predicted molar refractivity (Wildman–Crippen MR) is 93.2 cm³/mol. The van der Waals surface area contributed by atoms with Crippen molar-refractivity contribution in [1.82, 2.24) is 24.5 Å². The summed E-state index contributed by atoms with van der Waals surface area (Å²) >= 11 is 0. The molecule has 3 heterocycles. The van der Waals surface area contributed by atoms with Gasteiger partial charge in [0.2, 0.25) is 0 Å². The van der Waals surface area contributed by atoms with Gasteiger partial charge in [0.05, 0.1) is 28.5 Å². The molecule has 7 nitrogen and oxygen atoms in total. The van der Waals surface area contributed by atoms with Gasteiger partial charge in [0.15, 0.2) is 5.65 Å². The molecular weight excluding hydrogens is 304 g/mol. The summed E-state index contributed by atoms with van der Waals surface area (Å²) in [7, 11) is 0. The molecule has 0 unspecified atom stereocenters. The van der Waals surface area contributed by atoms with Gasteiger partial charge in [0, 0.05) is 24.5 Å². The summed E-state index contributed by atoms with van der Waals surface area (Å²) in [6, 6.07) is 1.98. The fourth-order valence-corrected chi connectivity index (χ4v) is 2.78. The van der Waals surface area contributed by atoms with Gasteiger partial charge in [-0.15, -0.1) is 0 Å². The predicted octanol–water partition coefficient (Wildman–Crippen LogP) is 3.10. The van der Waals surface area contributed by atoms with Crippen LogP contribution in [0.15, 0.2) is 18.5 Å². The number of pyridine rings is 1. The number of hydrogen-bond acceptors (Lipinski definition) is 4. The molecule has 3 aromatic heterocycles. The average molecular weight is 326 g/mol. The van der Waals surface area contributed by atoms with Crippen molar-refractivity contribution in [2.45, 2.75) is 47.2 Å². The molecule has 0 aliphatic rings. The highest BCUT2D eigenvalue weighted by molar-refractivity contribution is 6.12. The van der Waals surface area contributed by atoms with Crippen LogP contribution in [-0.2, 0) is 6.54 Å². The zero-order valence-corrected chi connectivity index (χ0v) is 14.7. The summed E-state index contributed by atoms with van der Waals surface area (Å²) in [5.74, 6) is -0.174. The third-order valence-electron chi connectivity index (χ3n) is 3.91. The molecule has 0 saturated heterocycles. The van der Waals surface area contributed by atoms with Crippen LogP contribution in [0.5, 0.6) is 0 Å². The minimum Gasteiger partial charge on any atom is -0.319 e. The van der Waals surface area contributed by atoms with E-state index in [4.69, 9.17) is 0 Å². The summed E-state index contributed by atoms with van der Waals surface area (Å²) in [5, 5.41) is 12.4. The maximum Gasteiger partial charge on any atom is 0.256 e. The van der Waals surface area contributed by atoms with Gasteiger partial charge in [0.25, 0.3) is 5.91 Å². The highest BCUT2D eigenvalue weighted by Gasteiger charge is 2.20. The van der Waals surface area contributed by atoms with E-state index in [1.54, 1.807) is 16.9 Å². The minimum absolute atomic E-state index is 0.174. The third kappa shape index (κ3) is 2.77. The van der Waals surface area contributed by atoms with Crippen molar-refractivity contribution < 1.29 is 4.79 Å². The smallest absolute Gasteiger partial charge is 0.256 e. The molecule has 0 aromatic carbocycles. The second-order valence-corrected chi connectivity index (χ2v) is 6.17. The quantitative estimate of drug-likeness (QED) is 0.799. The van der Waals surface area contributed by atoms with Gasteiger partial charge in [-0.1, -0.05) is 0 Å². The highest BCUT2D eigenvalue weighted by atomic mass is 16.1. The van der Waals surface area contributed by atoms with E-state index in [9.17, 15) is 4.79 Å². The summed E-state index contributed by atoms with van der Waals surface area (Å²) in [4.78, 5) is 17.4. The Morgan fingerprint density at radius 1 is 1.33 bits per heavy atom. The molecule has 0 spiro atoms. The standard InChI is InChI=1S/C17H22N6O/c1-6-22-9-13(8-18-22)20-17(24)14-7-11(4)19-16-15(14)12(5)21-23(16)10(2)3/h7-10H,6H2,1-5H3,(H,20,24). The number of carbonyl (C=O) groups is 1. The Hall–Kier alpha value is -2.70. The van der Waals surface area contributed by atoms with Crippen LogP contribution in [0.1, 0.15) is 48.6 Å². The molecule has 126 valence electrons. The van der Waals surface area contributed by atoms with Gasteiger partial charge >= 0.3 is 0 Å². The molecule has 7 heteroatoms. The first-order valence-electron chi connectivity index (χ1n) is 8.11. The molecule has 0 atom stereocenters. The lowest BCUT2D eigenvalue weighted by atomic mass is 10.1. The van der Waals surface area contributed by atoms with Crippen LogP contribution in [0.4, 0.5) is 5.69 Å². The van der Waals surface area contributed by atoms with Crippen LogP contribution in [0, 0.1) is 13.8 Å². The molecule has 3 rings (SSSR count). The Labute approximate surface area is 140 Å². The van der Waals surface area contributed by atoms with E-state index in [0.29, 0.717) is 11.3 Å². The van der Waals surface area contributed by atoms with Gasteiger partial charge in [-0.05, 0) is 40.7 Å². The Morgan fingerprint density at radius 2 is 2.08 bits per heavy atom. The zero-order chi connectivity index (χ0) is 17.4. The summed E-state index contributed by atoms with van der Waals surface area (Å²) in [6.07, 6.45) is 3.46. The third-order valence-corrected chi connectivity index (χ3v) is 3.91. The fraction of sp³-hybridized carbons (Fsp3) is 0.412. The zero-order valence-electron chi connectivity index (χ0n) is 14.7. The van der Waals surface area contributed by atoms with Crippen LogP contribution in [-0.4, -0.2) is 30.5 Å². The van der Waals surface area contributed by atoms with Crippen LogP contribution >= 0.6 is 0 Å². The molecule has 0 fully saturated rings. The Kier molecular flexibility index (Phi) is 4.09. The molecule has 0 aliphatic carbocycles. The number of fused-ring (bicyclic) bond motifs is 1. The normalized spacial score (nSPS) is 11.4. The van der Waals surface area contributed by atoms with Crippen molar-refractivity contribution in [2.75, 3.05) is 5.32 Å². The molecular formula is C17H22N6O. The molecule has 1 N–H and O–H groups in total. The van der Waals surface area contributed by atoms with Gasteiger partial charge in [0.1, 0.15) is 0 Å². The second-order valence-electron chi connectivity index (χ2n) is 6.17. The summed E-state index contributed by atoms with van der Waals surface area (Å²) in [6.45, 7) is 10.7. The SMILES string of the molecule is CCn1cc(NC(=O)c2cc(C)nc3c2c(C)nn3C(C)C)cn1. The number of amides is 1. The first kappa shape index (κ1) is 16.2. The molecule has 0 radical (unpaired) electrons. The molecule has 24 heavy (non-hydrogen) atoms. The largest absolute Gasteiger partial charge is 0.319 e. The van der Waals surface area contributed by atoms with E-state index in [0.717, 1.165) is 29.0 Å². The maximum absolute atomic E-state index is 12.8. The molecule has 0 aliphatic heterocycles. The van der Waals surface area contributed by atoms with Crippen LogP contribution in [0.2, 0.25) is 0 Å². The number of nitrogens with zero attached hydrogens (tertiary/aromatic N) is 5. The lowest BCUT2D eigenvalue weighted by Gasteiger charge is -2.09. The first-order chi connectivity index (χ1) is 11.4. The molecule has 0 bridgehead atoms. The van der Waals surface area contributed by atoms with E-state index in [2.05, 4.69) is 34.3 Å². The maximum atomic E-state index is 12.8. The Bertz CT molecular complexity index is 905. The number of hydrogen-bond donors (Lipinski definition) is 1. The second kappa shape index (κ2) is 6.07. The Morgan fingerprint density at radius 3 is 2.71 bits per heavy atom. The van der Waals surface area contributed by atoms with Crippen molar-refractivity contribution in [2.24, 2.45) is 0 Å². The van der Waals surface area contributed by atoms with Crippen molar-refractivity contribution in [1.29, 1.82) is 0 Å². The number of carbonyl (C=O) groups excluding carboxylic acids is 1. The Balaban J connectivity index is 2.06. The molecule has 1 amide bonds. The number of rotatable bonds is 4. The van der Waals surface area contributed by atoms with Gasteiger partial charge in [-0.25, -0.2) is 9.67 Å². The van der Waals surface area contributed by atoms with Crippen molar-refractivity contribution in [3.05, 3.63) is 35.4 Å². The topological polar surface area (TPSA) is 77.6 Å². The van der Waals surface area contributed by atoms with Crippen LogP contribution in [0.3, 0.4) is 0 Å². The van der Waals surface area contributed by atoms with E-state index in [1.165, 1.54) is 0 Å². The average Bonchev–Trinajstić information content (AvgIpc) is 3.11. The summed E-state index contributed by atoms with van der Waals surface area (Å²) in [5.41, 5.74) is 3.61. The van der Waals surface area contributed by atoms with Crippen LogP contribution < -0.4 is 5.32 Å². The monoisotopic (exact) mass is 326 g/mol. The van der Waals surface area contributed by atoms with Gasteiger partial charge in [-0.2, -0.15) is 10.2 Å². The van der Waals surface area contributed by atoms with Crippen molar-refractivity contribution in [3.8, 4) is 0 Å². The highest BCUT2D eigenvalue weighted by Crippen LogP contribution is 2.25. The fourth-order valence-electron chi connectivity index (χ4n) is 2.78. The molecule has 0 saturated carbocycles. The van der Waals surface area contributed by atoms with Gasteiger partial charge in [-0.3, -0.25) is 9.48 Å². The van der Waals surface area contributed by atoms with E-state index >= 15 is 0 Å². The molecule has 3 aromatic rings. The lowest BCUT2D eigenvalue weighted by molar-refractivity contribution is 0.102. The van der Waals surface area contributed by atoms with Crippen molar-refractivity contribution >= 4 is 22.6 Å². The van der Waals surface area contributed by atoms with Crippen LogP contribution in [0.25, 0.3) is 11.0 Å². The number of aromatic nitrogens is 5. The van der Waals surface area contributed by atoms with E-state index < -0.39 is 0 Å². The number of anilines is 1. The lowest BCUT2D eigenvalue weighted by Crippen LogP contribution is -2.13. The number of aryl methyl sites for hydroxylation is 3. The van der Waals surface area contributed by atoms with E-state index in [1.807, 2.05) is 31.6 Å². The first-order valence-corrected chi connectivity index (χ1v) is 8.11. The number of nitrogens with one attached hydrogen (secondary N) is 1. The summed E-state index contributed by atoms with van der Waals surface area (Å²) < 4.78 is 3.63. The minimum atomic E-state index is -0.174. The van der Waals surface area contributed by atoms with Crippen molar-refractivity contribution in [3.63, 3.8) is 0 Å².